The molecule has 6 nitrogen and oxygen atoms in total. The molecule has 2 N–H and O–H groups in total. The third-order valence-electron chi connectivity index (χ3n) is 3.44. The minimum absolute atomic E-state index is 0.0654. The van der Waals surface area contributed by atoms with Crippen LogP contribution in [0, 0.1) is 5.92 Å². The third kappa shape index (κ3) is 20.4. The normalized spacial score (nSPS) is 11.1. The van der Waals surface area contributed by atoms with Gasteiger partial charge >= 0.3 is 17.9 Å². The SMILES string of the molecule is CCCC(C)C(=O)OCC.O=C(O)CCCCCCCCC(=O)O. The Hall–Kier alpha value is -1.59. The Labute approximate surface area is 145 Å². The lowest BCUT2D eigenvalue weighted by atomic mass is 10.1. The van der Waals surface area contributed by atoms with Crippen molar-refractivity contribution in [1.29, 1.82) is 0 Å². The van der Waals surface area contributed by atoms with Crippen molar-refractivity contribution in [2.24, 2.45) is 5.92 Å². The number of hydrogen-bond donors (Lipinski definition) is 2. The summed E-state index contributed by atoms with van der Waals surface area (Å²) in [5, 5.41) is 16.7. The molecule has 0 rings (SSSR count). The first-order chi connectivity index (χ1) is 11.3. The van der Waals surface area contributed by atoms with Crippen LogP contribution in [0.4, 0.5) is 0 Å². The van der Waals surface area contributed by atoms with E-state index in [4.69, 9.17) is 14.9 Å². The first-order valence-electron chi connectivity index (χ1n) is 8.95. The Morgan fingerprint density at radius 3 is 1.58 bits per heavy atom. The molecular weight excluding hydrogens is 312 g/mol. The molecule has 24 heavy (non-hydrogen) atoms. The molecule has 0 saturated heterocycles. The van der Waals surface area contributed by atoms with E-state index < -0.39 is 11.9 Å². The number of carbonyl (C=O) groups is 3. The van der Waals surface area contributed by atoms with Gasteiger partial charge in [-0.2, -0.15) is 0 Å². The number of rotatable bonds is 13. The number of hydrogen-bond acceptors (Lipinski definition) is 4. The van der Waals surface area contributed by atoms with Gasteiger partial charge in [-0.3, -0.25) is 14.4 Å². The van der Waals surface area contributed by atoms with Gasteiger partial charge in [0.2, 0.25) is 0 Å². The highest BCUT2D eigenvalue weighted by Crippen LogP contribution is 2.08. The fraction of sp³-hybridized carbons (Fsp3) is 0.833. The second kappa shape index (κ2) is 17.8. The lowest BCUT2D eigenvalue weighted by Gasteiger charge is -2.07. The molecule has 0 aromatic carbocycles. The monoisotopic (exact) mass is 346 g/mol. The van der Waals surface area contributed by atoms with Crippen LogP contribution in [-0.2, 0) is 19.1 Å². The fourth-order valence-corrected chi connectivity index (χ4v) is 2.09. The van der Waals surface area contributed by atoms with Crippen molar-refractivity contribution in [3.8, 4) is 0 Å². The largest absolute Gasteiger partial charge is 0.481 e. The molecule has 0 spiro atoms. The van der Waals surface area contributed by atoms with Gasteiger partial charge in [0.05, 0.1) is 12.5 Å². The van der Waals surface area contributed by atoms with Gasteiger partial charge in [0, 0.05) is 12.8 Å². The Kier molecular flexibility index (Phi) is 18.2. The lowest BCUT2D eigenvalue weighted by molar-refractivity contribution is -0.147. The fourth-order valence-electron chi connectivity index (χ4n) is 2.09. The summed E-state index contributed by atoms with van der Waals surface area (Å²) in [6.07, 6.45) is 7.80. The number of carbonyl (C=O) groups excluding carboxylic acids is 1. The Balaban J connectivity index is 0. The van der Waals surface area contributed by atoms with Crippen LogP contribution in [0.1, 0.15) is 85.0 Å². The predicted molar refractivity (Wildman–Crippen MR) is 92.9 cm³/mol. The topological polar surface area (TPSA) is 101 Å². The highest BCUT2D eigenvalue weighted by atomic mass is 16.5. The minimum atomic E-state index is -0.740. The maximum absolute atomic E-state index is 10.9. The van der Waals surface area contributed by atoms with Gasteiger partial charge in [-0.1, -0.05) is 46.0 Å². The molecular formula is C18H34O6. The van der Waals surface area contributed by atoms with E-state index in [1.165, 1.54) is 0 Å². The van der Waals surface area contributed by atoms with Crippen LogP contribution >= 0.6 is 0 Å². The van der Waals surface area contributed by atoms with Gasteiger partial charge in [-0.25, -0.2) is 0 Å². The molecule has 0 amide bonds. The maximum Gasteiger partial charge on any atom is 0.308 e. The number of carboxylic acids is 2. The van der Waals surface area contributed by atoms with E-state index in [2.05, 4.69) is 6.92 Å². The molecule has 0 radical (unpaired) electrons. The van der Waals surface area contributed by atoms with Crippen molar-refractivity contribution in [1.82, 2.24) is 0 Å². The van der Waals surface area contributed by atoms with Crippen molar-refractivity contribution < 1.29 is 29.3 Å². The summed E-state index contributed by atoms with van der Waals surface area (Å²) in [4.78, 5) is 31.2. The molecule has 0 aromatic heterocycles. The van der Waals surface area contributed by atoms with Crippen molar-refractivity contribution in [2.75, 3.05) is 6.61 Å². The van der Waals surface area contributed by atoms with E-state index >= 15 is 0 Å². The average Bonchev–Trinajstić information content (AvgIpc) is 2.50. The van der Waals surface area contributed by atoms with Gasteiger partial charge in [-0.15, -0.1) is 0 Å². The molecule has 1 unspecified atom stereocenters. The Morgan fingerprint density at radius 1 is 0.833 bits per heavy atom. The second-order valence-corrected chi connectivity index (χ2v) is 5.85. The van der Waals surface area contributed by atoms with E-state index in [1.807, 2.05) is 13.8 Å². The van der Waals surface area contributed by atoms with Crippen LogP contribution in [0.2, 0.25) is 0 Å². The zero-order valence-electron chi connectivity index (χ0n) is 15.4. The molecule has 0 fully saturated rings. The standard InChI is InChI=1S/C10H18O4.C8H16O2/c11-9(12)7-5-3-1-2-4-6-8-10(13)14;1-4-6-7(3)8(9)10-5-2/h1-8H2,(H,11,12)(H,13,14);7H,4-6H2,1-3H3. The zero-order valence-corrected chi connectivity index (χ0v) is 15.4. The smallest absolute Gasteiger partial charge is 0.308 e. The summed E-state index contributed by atoms with van der Waals surface area (Å²) in [5.41, 5.74) is 0. The Morgan fingerprint density at radius 2 is 1.25 bits per heavy atom. The van der Waals surface area contributed by atoms with Gasteiger partial charge in [-0.05, 0) is 26.2 Å². The van der Waals surface area contributed by atoms with Crippen molar-refractivity contribution in [2.45, 2.75) is 85.0 Å². The Bertz CT molecular complexity index is 320. The first kappa shape index (κ1) is 24.7. The summed E-state index contributed by atoms with van der Waals surface area (Å²) in [7, 11) is 0. The van der Waals surface area contributed by atoms with Gasteiger partial charge in [0.1, 0.15) is 0 Å². The van der Waals surface area contributed by atoms with Crippen LogP contribution in [0.25, 0.3) is 0 Å². The van der Waals surface area contributed by atoms with Crippen LogP contribution in [0.3, 0.4) is 0 Å². The van der Waals surface area contributed by atoms with E-state index in [0.29, 0.717) is 6.61 Å². The molecule has 0 bridgehead atoms. The van der Waals surface area contributed by atoms with Crippen LogP contribution in [0.5, 0.6) is 0 Å². The molecule has 0 aromatic rings. The van der Waals surface area contributed by atoms with E-state index in [1.54, 1.807) is 0 Å². The van der Waals surface area contributed by atoms with Crippen LogP contribution in [-0.4, -0.2) is 34.7 Å². The quantitative estimate of drug-likeness (QED) is 0.382. The van der Waals surface area contributed by atoms with E-state index in [-0.39, 0.29) is 24.7 Å². The molecule has 6 heteroatoms. The molecule has 142 valence electrons. The number of aliphatic carboxylic acids is 2. The molecule has 0 aliphatic carbocycles. The summed E-state index contributed by atoms with van der Waals surface area (Å²) in [6.45, 7) is 6.29. The average molecular weight is 346 g/mol. The van der Waals surface area contributed by atoms with Gasteiger partial charge < -0.3 is 14.9 Å². The summed E-state index contributed by atoms with van der Waals surface area (Å²) in [5.74, 6) is -1.47. The first-order valence-corrected chi connectivity index (χ1v) is 8.95. The van der Waals surface area contributed by atoms with Crippen molar-refractivity contribution in [3.05, 3.63) is 0 Å². The lowest BCUT2D eigenvalue weighted by Crippen LogP contribution is -2.14. The number of ether oxygens (including phenoxy) is 1. The van der Waals surface area contributed by atoms with Gasteiger partial charge in [0.25, 0.3) is 0 Å². The highest BCUT2D eigenvalue weighted by molar-refractivity contribution is 5.71. The summed E-state index contributed by atoms with van der Waals surface area (Å²) < 4.78 is 4.82. The number of carboxylic acid groups (broad SMARTS) is 2. The summed E-state index contributed by atoms with van der Waals surface area (Å²) >= 11 is 0. The van der Waals surface area contributed by atoms with Crippen LogP contribution < -0.4 is 0 Å². The van der Waals surface area contributed by atoms with E-state index in [0.717, 1.165) is 51.4 Å². The second-order valence-electron chi connectivity index (χ2n) is 5.85. The molecule has 0 aliphatic rings. The predicted octanol–water partition coefficient (Wildman–Crippen LogP) is 4.26. The third-order valence-corrected chi connectivity index (χ3v) is 3.44. The molecule has 0 saturated carbocycles. The number of esters is 1. The number of unbranched alkanes of at least 4 members (excludes halogenated alkanes) is 5. The van der Waals surface area contributed by atoms with E-state index in [9.17, 15) is 14.4 Å². The minimum Gasteiger partial charge on any atom is -0.481 e. The maximum atomic E-state index is 10.9. The highest BCUT2D eigenvalue weighted by Gasteiger charge is 2.11. The molecule has 1 atom stereocenters. The summed E-state index contributed by atoms with van der Waals surface area (Å²) in [6, 6.07) is 0. The zero-order chi connectivity index (χ0) is 18.8. The van der Waals surface area contributed by atoms with Crippen molar-refractivity contribution in [3.63, 3.8) is 0 Å². The van der Waals surface area contributed by atoms with Crippen LogP contribution in [0.15, 0.2) is 0 Å². The van der Waals surface area contributed by atoms with Gasteiger partial charge in [0.15, 0.2) is 0 Å². The molecule has 0 aliphatic heterocycles. The van der Waals surface area contributed by atoms with Crippen molar-refractivity contribution >= 4 is 17.9 Å². The molecule has 0 heterocycles.